The summed E-state index contributed by atoms with van der Waals surface area (Å²) in [5.41, 5.74) is 0.341. The average molecular weight is 368 g/mol. The number of carbonyl (C=O) groups is 1. The Labute approximate surface area is 152 Å². The molecular formula is C19H13FN2O3S. The van der Waals surface area contributed by atoms with Gasteiger partial charge in [-0.15, -0.1) is 6.42 Å². The predicted molar refractivity (Wildman–Crippen MR) is 95.5 cm³/mol. The van der Waals surface area contributed by atoms with Gasteiger partial charge in [0.05, 0.1) is 16.8 Å². The van der Waals surface area contributed by atoms with Crippen molar-refractivity contribution in [2.45, 2.75) is 12.6 Å². The molecule has 2 heterocycles. The van der Waals surface area contributed by atoms with Crippen LogP contribution in [0.2, 0.25) is 0 Å². The van der Waals surface area contributed by atoms with Gasteiger partial charge in [0, 0.05) is 0 Å². The van der Waals surface area contributed by atoms with E-state index in [1.54, 1.807) is 30.3 Å². The standard InChI is InChI=1S/C19H13FN2O3S/c1-2-10-22-17-12(20)6-5-9-16(17)26-19(22)21-18(23)15-11-24-13-7-3-4-8-14(13)25-15/h1,3-9,15H,10-11H2/t15-/m0/s1. The number of thiazole rings is 1. The Hall–Kier alpha value is -3.11. The lowest BCUT2D eigenvalue weighted by Gasteiger charge is -2.23. The van der Waals surface area contributed by atoms with E-state index in [0.717, 1.165) is 0 Å². The summed E-state index contributed by atoms with van der Waals surface area (Å²) in [6.07, 6.45) is 4.53. The minimum Gasteiger partial charge on any atom is -0.485 e. The molecule has 0 aliphatic carbocycles. The fourth-order valence-electron chi connectivity index (χ4n) is 2.72. The summed E-state index contributed by atoms with van der Waals surface area (Å²) >= 11 is 1.20. The molecule has 0 spiro atoms. The Morgan fingerprint density at radius 3 is 2.92 bits per heavy atom. The Morgan fingerprint density at radius 1 is 1.31 bits per heavy atom. The van der Waals surface area contributed by atoms with Gasteiger partial charge in [0.1, 0.15) is 12.4 Å². The van der Waals surface area contributed by atoms with E-state index >= 15 is 0 Å². The van der Waals surface area contributed by atoms with E-state index in [9.17, 15) is 9.18 Å². The minimum atomic E-state index is -0.862. The van der Waals surface area contributed by atoms with Crippen LogP contribution in [0.25, 0.3) is 10.2 Å². The maximum Gasteiger partial charge on any atom is 0.292 e. The molecule has 1 amide bonds. The SMILES string of the molecule is C#CCn1c(=NC(=O)[C@@H]2COc3ccccc3O2)sc2cccc(F)c21. The van der Waals surface area contributed by atoms with Crippen molar-refractivity contribution < 1.29 is 18.7 Å². The third-order valence-electron chi connectivity index (χ3n) is 3.89. The second kappa shape index (κ2) is 6.65. The van der Waals surface area contributed by atoms with Gasteiger partial charge in [-0.05, 0) is 24.3 Å². The third kappa shape index (κ3) is 2.85. The molecule has 2 aromatic carbocycles. The first kappa shape index (κ1) is 16.4. The summed E-state index contributed by atoms with van der Waals surface area (Å²) in [5.74, 6) is 2.64. The van der Waals surface area contributed by atoms with Crippen LogP contribution in [0.5, 0.6) is 11.5 Å². The highest BCUT2D eigenvalue weighted by molar-refractivity contribution is 7.16. The fourth-order valence-corrected chi connectivity index (χ4v) is 3.77. The number of hydrogen-bond acceptors (Lipinski definition) is 4. The van der Waals surface area contributed by atoms with E-state index in [4.69, 9.17) is 15.9 Å². The summed E-state index contributed by atoms with van der Waals surface area (Å²) in [7, 11) is 0. The molecule has 130 valence electrons. The van der Waals surface area contributed by atoms with Crippen molar-refractivity contribution in [3.05, 3.63) is 53.1 Å². The van der Waals surface area contributed by atoms with Crippen LogP contribution in [0.1, 0.15) is 0 Å². The molecule has 0 unspecified atom stereocenters. The number of rotatable bonds is 2. The van der Waals surface area contributed by atoms with Gasteiger partial charge in [-0.25, -0.2) is 4.39 Å². The van der Waals surface area contributed by atoms with Crippen molar-refractivity contribution in [3.8, 4) is 23.8 Å². The van der Waals surface area contributed by atoms with Crippen LogP contribution >= 0.6 is 11.3 Å². The Kier molecular flexibility index (Phi) is 4.19. The smallest absolute Gasteiger partial charge is 0.292 e. The second-order valence-corrected chi connectivity index (χ2v) is 6.58. The quantitative estimate of drug-likeness (QED) is 0.654. The molecule has 0 radical (unpaired) electrons. The van der Waals surface area contributed by atoms with Gasteiger partial charge in [0.25, 0.3) is 5.91 Å². The Balaban J connectivity index is 1.73. The zero-order valence-electron chi connectivity index (χ0n) is 13.5. The summed E-state index contributed by atoms with van der Waals surface area (Å²) in [6, 6.07) is 11.8. The summed E-state index contributed by atoms with van der Waals surface area (Å²) in [5, 5.41) is 0. The van der Waals surface area contributed by atoms with Crippen molar-refractivity contribution in [2.24, 2.45) is 4.99 Å². The van der Waals surface area contributed by atoms with Gasteiger partial charge in [-0.3, -0.25) is 4.79 Å². The molecule has 1 atom stereocenters. The summed E-state index contributed by atoms with van der Waals surface area (Å²) in [4.78, 5) is 17.0. The molecule has 5 nitrogen and oxygen atoms in total. The van der Waals surface area contributed by atoms with Gasteiger partial charge in [0.15, 0.2) is 16.3 Å². The van der Waals surface area contributed by atoms with Crippen molar-refractivity contribution in [3.63, 3.8) is 0 Å². The number of terminal acetylenes is 1. The van der Waals surface area contributed by atoms with E-state index in [0.29, 0.717) is 26.5 Å². The van der Waals surface area contributed by atoms with E-state index in [1.165, 1.54) is 22.0 Å². The number of amides is 1. The number of carbonyl (C=O) groups excluding carboxylic acids is 1. The molecule has 0 bridgehead atoms. The number of hydrogen-bond donors (Lipinski definition) is 0. The molecule has 1 aliphatic rings. The van der Waals surface area contributed by atoms with Crippen LogP contribution in [0.4, 0.5) is 4.39 Å². The normalized spacial score (nSPS) is 16.5. The maximum atomic E-state index is 14.2. The highest BCUT2D eigenvalue weighted by Gasteiger charge is 2.27. The minimum absolute atomic E-state index is 0.0632. The zero-order valence-corrected chi connectivity index (χ0v) is 14.3. The number of fused-ring (bicyclic) bond motifs is 2. The van der Waals surface area contributed by atoms with Crippen molar-refractivity contribution in [2.75, 3.05) is 6.61 Å². The molecule has 7 heteroatoms. The third-order valence-corrected chi connectivity index (χ3v) is 4.93. The first-order chi connectivity index (χ1) is 12.7. The predicted octanol–water partition coefficient (Wildman–Crippen LogP) is 2.74. The monoisotopic (exact) mass is 368 g/mol. The highest BCUT2D eigenvalue weighted by atomic mass is 32.1. The Morgan fingerprint density at radius 2 is 2.12 bits per heavy atom. The molecule has 1 aromatic heterocycles. The van der Waals surface area contributed by atoms with Crippen LogP contribution in [0, 0.1) is 18.2 Å². The van der Waals surface area contributed by atoms with Gasteiger partial charge in [0.2, 0.25) is 6.10 Å². The summed E-state index contributed by atoms with van der Waals surface area (Å²) in [6.45, 7) is 0.172. The van der Waals surface area contributed by atoms with Gasteiger partial charge in [-0.1, -0.05) is 35.5 Å². The molecule has 26 heavy (non-hydrogen) atoms. The molecule has 0 saturated carbocycles. The topological polar surface area (TPSA) is 52.8 Å². The number of benzene rings is 2. The molecular weight excluding hydrogens is 355 g/mol. The number of aromatic nitrogens is 1. The number of ether oxygens (including phenoxy) is 2. The van der Waals surface area contributed by atoms with Crippen LogP contribution in [-0.2, 0) is 11.3 Å². The van der Waals surface area contributed by atoms with E-state index < -0.39 is 17.8 Å². The lowest BCUT2D eigenvalue weighted by molar-refractivity contribution is -0.127. The largest absolute Gasteiger partial charge is 0.485 e. The first-order valence-corrected chi connectivity index (χ1v) is 8.67. The lowest BCUT2D eigenvalue weighted by atomic mass is 10.2. The zero-order chi connectivity index (χ0) is 18.1. The van der Waals surface area contributed by atoms with Crippen LogP contribution in [0.3, 0.4) is 0 Å². The van der Waals surface area contributed by atoms with Crippen LogP contribution in [0.15, 0.2) is 47.5 Å². The van der Waals surface area contributed by atoms with E-state index in [-0.39, 0.29) is 13.2 Å². The van der Waals surface area contributed by atoms with E-state index in [2.05, 4.69) is 10.9 Å². The van der Waals surface area contributed by atoms with Gasteiger partial charge < -0.3 is 14.0 Å². The Bertz CT molecular complexity index is 1110. The summed E-state index contributed by atoms with van der Waals surface area (Å²) < 4.78 is 27.6. The van der Waals surface area contributed by atoms with Gasteiger partial charge in [-0.2, -0.15) is 4.99 Å². The highest BCUT2D eigenvalue weighted by Crippen LogP contribution is 2.31. The van der Waals surface area contributed by atoms with Crippen LogP contribution in [-0.4, -0.2) is 23.2 Å². The number of nitrogens with zero attached hydrogens (tertiary/aromatic N) is 2. The molecule has 1 aliphatic heterocycles. The van der Waals surface area contributed by atoms with Crippen LogP contribution < -0.4 is 14.3 Å². The van der Waals surface area contributed by atoms with Crippen molar-refractivity contribution in [1.29, 1.82) is 0 Å². The maximum absolute atomic E-state index is 14.2. The first-order valence-electron chi connectivity index (χ1n) is 7.86. The average Bonchev–Trinajstić information content (AvgIpc) is 3.00. The fraction of sp³-hybridized carbons (Fsp3) is 0.158. The van der Waals surface area contributed by atoms with Crippen molar-refractivity contribution in [1.82, 2.24) is 4.57 Å². The van der Waals surface area contributed by atoms with Gasteiger partial charge >= 0.3 is 0 Å². The lowest BCUT2D eigenvalue weighted by Crippen LogP contribution is -2.36. The molecule has 0 N–H and O–H groups in total. The van der Waals surface area contributed by atoms with E-state index in [1.807, 2.05) is 6.07 Å². The molecule has 3 aromatic rings. The second-order valence-electron chi connectivity index (χ2n) is 5.58. The molecule has 4 rings (SSSR count). The van der Waals surface area contributed by atoms with Crippen molar-refractivity contribution >= 4 is 27.5 Å². The number of halogens is 1. The molecule has 0 saturated heterocycles. The molecule has 0 fully saturated rings. The number of para-hydroxylation sites is 3.